The van der Waals surface area contributed by atoms with E-state index in [1.54, 1.807) is 6.20 Å². The largest absolute Gasteiger partial charge is 0.381 e. The second kappa shape index (κ2) is 5.17. The van der Waals surface area contributed by atoms with E-state index in [9.17, 15) is 0 Å². The number of rotatable bonds is 4. The van der Waals surface area contributed by atoms with E-state index >= 15 is 0 Å². The van der Waals surface area contributed by atoms with Gasteiger partial charge in [0.15, 0.2) is 0 Å². The van der Waals surface area contributed by atoms with Gasteiger partial charge in [0.1, 0.15) is 0 Å². The molecule has 2 atom stereocenters. The maximum absolute atomic E-state index is 6.21. The highest BCUT2D eigenvalue weighted by atomic mass is 35.5. The molecule has 2 heterocycles. The van der Waals surface area contributed by atoms with Crippen LogP contribution in [0, 0.1) is 5.92 Å². The molecular formula is C11H18ClN3O. The van der Waals surface area contributed by atoms with E-state index in [-0.39, 0.29) is 6.04 Å². The molecule has 5 heteroatoms. The van der Waals surface area contributed by atoms with Crippen LogP contribution in [0.1, 0.15) is 25.1 Å². The van der Waals surface area contributed by atoms with Crippen molar-refractivity contribution in [1.29, 1.82) is 0 Å². The van der Waals surface area contributed by atoms with Gasteiger partial charge in [0.05, 0.1) is 29.6 Å². The van der Waals surface area contributed by atoms with Gasteiger partial charge in [0.25, 0.3) is 0 Å². The summed E-state index contributed by atoms with van der Waals surface area (Å²) in [4.78, 5) is 0. The Balaban J connectivity index is 2.27. The molecule has 16 heavy (non-hydrogen) atoms. The lowest BCUT2D eigenvalue weighted by atomic mass is 9.96. The Bertz CT molecular complexity index is 347. The molecule has 0 bridgehead atoms. The molecule has 2 rings (SSSR count). The second-order valence-electron chi connectivity index (χ2n) is 4.08. The third-order valence-electron chi connectivity index (χ3n) is 3.17. The number of hydrogen-bond donors (Lipinski definition) is 1. The molecule has 0 radical (unpaired) electrons. The first-order valence-corrected chi connectivity index (χ1v) is 6.12. The molecule has 4 nitrogen and oxygen atoms in total. The van der Waals surface area contributed by atoms with Crippen molar-refractivity contribution in [2.45, 2.75) is 25.9 Å². The topological polar surface area (TPSA) is 39.1 Å². The average Bonchev–Trinajstić information content (AvgIpc) is 2.91. The first kappa shape index (κ1) is 11.9. The molecule has 1 N–H and O–H groups in total. The molecule has 1 fully saturated rings. The lowest BCUT2D eigenvalue weighted by Gasteiger charge is -2.23. The van der Waals surface area contributed by atoms with Crippen molar-refractivity contribution >= 4 is 11.6 Å². The van der Waals surface area contributed by atoms with Gasteiger partial charge in [0.2, 0.25) is 0 Å². The number of aryl methyl sites for hydroxylation is 1. The highest BCUT2D eigenvalue weighted by Gasteiger charge is 2.29. The van der Waals surface area contributed by atoms with Gasteiger partial charge in [-0.1, -0.05) is 11.6 Å². The molecular weight excluding hydrogens is 226 g/mol. The fourth-order valence-corrected chi connectivity index (χ4v) is 2.60. The van der Waals surface area contributed by atoms with E-state index in [0.717, 1.165) is 36.9 Å². The highest BCUT2D eigenvalue weighted by molar-refractivity contribution is 6.31. The fourth-order valence-electron chi connectivity index (χ4n) is 2.34. The van der Waals surface area contributed by atoms with E-state index in [0.29, 0.717) is 5.92 Å². The summed E-state index contributed by atoms with van der Waals surface area (Å²) in [6, 6.07) is 0.234. The molecule has 0 amide bonds. The predicted octanol–water partition coefficient (Wildman–Crippen LogP) is 1.85. The summed E-state index contributed by atoms with van der Waals surface area (Å²) in [6.45, 7) is 4.57. The molecule has 1 saturated heterocycles. The first-order valence-electron chi connectivity index (χ1n) is 5.74. The second-order valence-corrected chi connectivity index (χ2v) is 4.49. The zero-order chi connectivity index (χ0) is 11.5. The molecule has 0 aromatic carbocycles. The third-order valence-corrected chi connectivity index (χ3v) is 3.47. The first-order chi connectivity index (χ1) is 7.77. The quantitative estimate of drug-likeness (QED) is 0.877. The monoisotopic (exact) mass is 243 g/mol. The van der Waals surface area contributed by atoms with Crippen LogP contribution in [0.4, 0.5) is 0 Å². The number of halogens is 1. The Labute approximate surface area is 101 Å². The summed E-state index contributed by atoms with van der Waals surface area (Å²) in [5.41, 5.74) is 1.09. The predicted molar refractivity (Wildman–Crippen MR) is 63.6 cm³/mol. The van der Waals surface area contributed by atoms with Crippen LogP contribution in [-0.4, -0.2) is 30.0 Å². The van der Waals surface area contributed by atoms with Crippen molar-refractivity contribution in [2.24, 2.45) is 5.92 Å². The zero-order valence-electron chi connectivity index (χ0n) is 9.74. The van der Waals surface area contributed by atoms with Crippen molar-refractivity contribution in [1.82, 2.24) is 15.1 Å². The number of hydrogen-bond acceptors (Lipinski definition) is 3. The molecule has 2 unspecified atom stereocenters. The van der Waals surface area contributed by atoms with Crippen LogP contribution >= 0.6 is 11.6 Å². The van der Waals surface area contributed by atoms with Crippen LogP contribution in [0.2, 0.25) is 5.02 Å². The minimum Gasteiger partial charge on any atom is -0.381 e. The number of nitrogens with zero attached hydrogens (tertiary/aromatic N) is 2. The lowest BCUT2D eigenvalue weighted by Crippen LogP contribution is -2.28. The molecule has 0 spiro atoms. The van der Waals surface area contributed by atoms with Crippen LogP contribution in [-0.2, 0) is 11.3 Å². The fraction of sp³-hybridized carbons (Fsp3) is 0.727. The van der Waals surface area contributed by atoms with Gasteiger partial charge >= 0.3 is 0 Å². The number of nitrogens with one attached hydrogen (secondary N) is 1. The summed E-state index contributed by atoms with van der Waals surface area (Å²) >= 11 is 6.21. The third kappa shape index (κ3) is 2.10. The Kier molecular flexibility index (Phi) is 3.84. The van der Waals surface area contributed by atoms with Crippen molar-refractivity contribution < 1.29 is 4.74 Å². The van der Waals surface area contributed by atoms with Crippen molar-refractivity contribution in [3.8, 4) is 0 Å². The van der Waals surface area contributed by atoms with Crippen LogP contribution in [0.25, 0.3) is 0 Å². The van der Waals surface area contributed by atoms with Crippen LogP contribution in [0.3, 0.4) is 0 Å². The molecule has 1 aliphatic heterocycles. The van der Waals surface area contributed by atoms with Gasteiger partial charge in [-0.15, -0.1) is 0 Å². The van der Waals surface area contributed by atoms with Gasteiger partial charge < -0.3 is 10.1 Å². The van der Waals surface area contributed by atoms with E-state index in [1.807, 2.05) is 11.7 Å². The normalized spacial score (nSPS) is 22.6. The van der Waals surface area contributed by atoms with Gasteiger partial charge in [0, 0.05) is 19.1 Å². The van der Waals surface area contributed by atoms with Gasteiger partial charge in [-0.25, -0.2) is 0 Å². The zero-order valence-corrected chi connectivity index (χ0v) is 10.5. The summed E-state index contributed by atoms with van der Waals surface area (Å²) in [5.74, 6) is 0.490. The summed E-state index contributed by atoms with van der Waals surface area (Å²) in [6.07, 6.45) is 2.80. The Morgan fingerprint density at radius 1 is 1.75 bits per heavy atom. The SMILES string of the molecule is CCn1ncc(Cl)c1C(NC)C1CCOC1. The van der Waals surface area contributed by atoms with Crippen LogP contribution < -0.4 is 5.32 Å². The molecule has 1 aromatic rings. The Morgan fingerprint density at radius 3 is 3.12 bits per heavy atom. The molecule has 0 saturated carbocycles. The number of ether oxygens (including phenoxy) is 1. The van der Waals surface area contributed by atoms with Gasteiger partial charge in [-0.2, -0.15) is 5.10 Å². The summed E-state index contributed by atoms with van der Waals surface area (Å²) in [5, 5.41) is 8.36. The maximum atomic E-state index is 6.21. The van der Waals surface area contributed by atoms with Crippen molar-refractivity contribution in [3.05, 3.63) is 16.9 Å². The molecule has 0 aliphatic carbocycles. The Hall–Kier alpha value is -0.580. The lowest BCUT2D eigenvalue weighted by molar-refractivity contribution is 0.176. The minimum atomic E-state index is 0.234. The molecule has 1 aliphatic rings. The van der Waals surface area contributed by atoms with Crippen molar-refractivity contribution in [2.75, 3.05) is 20.3 Å². The molecule has 1 aromatic heterocycles. The summed E-state index contributed by atoms with van der Waals surface area (Å²) < 4.78 is 7.40. The van der Waals surface area contributed by atoms with E-state index in [4.69, 9.17) is 16.3 Å². The molecule has 90 valence electrons. The highest BCUT2D eigenvalue weighted by Crippen LogP contribution is 2.32. The summed E-state index contributed by atoms with van der Waals surface area (Å²) in [7, 11) is 1.96. The van der Waals surface area contributed by atoms with E-state index in [2.05, 4.69) is 17.3 Å². The standard InChI is InChI=1S/C11H18ClN3O/c1-3-15-11(9(12)6-14-15)10(13-2)8-4-5-16-7-8/h6,8,10,13H,3-5,7H2,1-2H3. The Morgan fingerprint density at radius 2 is 2.56 bits per heavy atom. The van der Waals surface area contributed by atoms with Crippen LogP contribution in [0.15, 0.2) is 6.20 Å². The smallest absolute Gasteiger partial charge is 0.0834 e. The minimum absolute atomic E-state index is 0.234. The van der Waals surface area contributed by atoms with Gasteiger partial charge in [-0.3, -0.25) is 4.68 Å². The maximum Gasteiger partial charge on any atom is 0.0834 e. The van der Waals surface area contributed by atoms with Crippen molar-refractivity contribution in [3.63, 3.8) is 0 Å². The van der Waals surface area contributed by atoms with Gasteiger partial charge in [-0.05, 0) is 20.4 Å². The van der Waals surface area contributed by atoms with E-state index < -0.39 is 0 Å². The van der Waals surface area contributed by atoms with Crippen LogP contribution in [0.5, 0.6) is 0 Å². The average molecular weight is 244 g/mol. The number of aromatic nitrogens is 2. The van der Waals surface area contributed by atoms with E-state index in [1.165, 1.54) is 0 Å².